The molecule has 1 atom stereocenters. The van der Waals surface area contributed by atoms with E-state index in [1.807, 2.05) is 31.6 Å². The van der Waals surface area contributed by atoms with Crippen molar-refractivity contribution in [2.75, 3.05) is 25.9 Å². The van der Waals surface area contributed by atoms with Gasteiger partial charge in [0.15, 0.2) is 0 Å². The van der Waals surface area contributed by atoms with E-state index in [0.29, 0.717) is 18.0 Å². The maximum Gasteiger partial charge on any atom is 0.142 e. The zero-order valence-corrected chi connectivity index (χ0v) is 13.1. The first-order valence-electron chi connectivity index (χ1n) is 6.79. The van der Waals surface area contributed by atoms with Crippen LogP contribution in [-0.2, 0) is 6.54 Å². The first-order valence-corrected chi connectivity index (χ1v) is 7.67. The smallest absolute Gasteiger partial charge is 0.142 e. The largest absolute Gasteiger partial charge is 0.489 e. The van der Waals surface area contributed by atoms with Crippen LogP contribution in [0, 0.1) is 6.92 Å². The fraction of sp³-hybridized carbons (Fsp3) is 0.400. The SMILES string of the molecule is Cc1ncsc1CN(C)CC(O)COc1ccccc1N. The number of aromatic nitrogens is 1. The molecule has 1 unspecified atom stereocenters. The van der Waals surface area contributed by atoms with Gasteiger partial charge in [-0.1, -0.05) is 12.1 Å². The predicted molar refractivity (Wildman–Crippen MR) is 85.5 cm³/mol. The number of para-hydroxylation sites is 2. The molecule has 0 aliphatic carbocycles. The van der Waals surface area contributed by atoms with E-state index < -0.39 is 6.10 Å². The third kappa shape index (κ3) is 4.70. The van der Waals surface area contributed by atoms with Crippen molar-refractivity contribution in [3.63, 3.8) is 0 Å². The summed E-state index contributed by atoms with van der Waals surface area (Å²) in [6.45, 7) is 3.53. The van der Waals surface area contributed by atoms with Crippen molar-refractivity contribution in [2.24, 2.45) is 0 Å². The number of aryl methyl sites for hydroxylation is 1. The van der Waals surface area contributed by atoms with Crippen LogP contribution in [0.2, 0.25) is 0 Å². The van der Waals surface area contributed by atoms with Gasteiger partial charge in [-0.2, -0.15) is 0 Å². The van der Waals surface area contributed by atoms with Gasteiger partial charge in [0.2, 0.25) is 0 Å². The van der Waals surface area contributed by atoms with Gasteiger partial charge in [-0.15, -0.1) is 11.3 Å². The number of likely N-dealkylation sites (N-methyl/N-ethyl adjacent to an activating group) is 1. The van der Waals surface area contributed by atoms with Gasteiger partial charge in [0.05, 0.1) is 16.9 Å². The highest BCUT2D eigenvalue weighted by atomic mass is 32.1. The van der Waals surface area contributed by atoms with Crippen molar-refractivity contribution in [1.29, 1.82) is 0 Å². The lowest BCUT2D eigenvalue weighted by Crippen LogP contribution is -2.32. The Bertz CT molecular complexity index is 574. The van der Waals surface area contributed by atoms with Gasteiger partial charge in [-0.3, -0.25) is 4.90 Å². The topological polar surface area (TPSA) is 71.6 Å². The molecule has 114 valence electrons. The molecule has 0 aliphatic heterocycles. The third-order valence-electron chi connectivity index (χ3n) is 3.13. The molecule has 2 rings (SSSR count). The summed E-state index contributed by atoms with van der Waals surface area (Å²) in [5.41, 5.74) is 9.27. The van der Waals surface area contributed by atoms with Crippen molar-refractivity contribution in [3.8, 4) is 5.75 Å². The first-order chi connectivity index (χ1) is 10.1. The molecule has 1 aromatic carbocycles. The van der Waals surface area contributed by atoms with Crippen LogP contribution >= 0.6 is 11.3 Å². The molecule has 21 heavy (non-hydrogen) atoms. The van der Waals surface area contributed by atoms with E-state index in [4.69, 9.17) is 10.5 Å². The monoisotopic (exact) mass is 307 g/mol. The summed E-state index contributed by atoms with van der Waals surface area (Å²) in [7, 11) is 1.97. The van der Waals surface area contributed by atoms with E-state index in [0.717, 1.165) is 12.2 Å². The quantitative estimate of drug-likeness (QED) is 0.765. The van der Waals surface area contributed by atoms with Gasteiger partial charge < -0.3 is 15.6 Å². The molecular formula is C15H21N3O2S. The maximum atomic E-state index is 10.1. The summed E-state index contributed by atoms with van der Waals surface area (Å²) < 4.78 is 5.55. The third-order valence-corrected chi connectivity index (χ3v) is 4.05. The van der Waals surface area contributed by atoms with Gasteiger partial charge in [0.1, 0.15) is 18.5 Å². The number of aliphatic hydroxyl groups is 1. The van der Waals surface area contributed by atoms with Crippen LogP contribution in [0.4, 0.5) is 5.69 Å². The molecule has 3 N–H and O–H groups in total. The molecule has 0 radical (unpaired) electrons. The number of rotatable bonds is 7. The Kier molecular flexibility index (Phi) is 5.55. The summed E-state index contributed by atoms with van der Waals surface area (Å²) in [6.07, 6.45) is -0.567. The van der Waals surface area contributed by atoms with Crippen LogP contribution in [-0.4, -0.2) is 41.3 Å². The van der Waals surface area contributed by atoms with E-state index in [1.54, 1.807) is 23.5 Å². The number of aliphatic hydroxyl groups excluding tert-OH is 1. The second kappa shape index (κ2) is 7.40. The highest BCUT2D eigenvalue weighted by Gasteiger charge is 2.12. The molecule has 0 amide bonds. The van der Waals surface area contributed by atoms with Gasteiger partial charge in [0.25, 0.3) is 0 Å². The summed E-state index contributed by atoms with van der Waals surface area (Å²) >= 11 is 1.63. The predicted octanol–water partition coefficient (Wildman–Crippen LogP) is 1.91. The Morgan fingerprint density at radius 3 is 2.86 bits per heavy atom. The van der Waals surface area contributed by atoms with E-state index in [2.05, 4.69) is 9.88 Å². The van der Waals surface area contributed by atoms with Gasteiger partial charge >= 0.3 is 0 Å². The number of benzene rings is 1. The molecule has 0 spiro atoms. The molecule has 1 aromatic heterocycles. The zero-order chi connectivity index (χ0) is 15.2. The first kappa shape index (κ1) is 15.8. The minimum Gasteiger partial charge on any atom is -0.489 e. The van der Waals surface area contributed by atoms with Crippen molar-refractivity contribution < 1.29 is 9.84 Å². The van der Waals surface area contributed by atoms with Gasteiger partial charge in [0, 0.05) is 18.0 Å². The molecule has 1 heterocycles. The number of thiazole rings is 1. The highest BCUT2D eigenvalue weighted by molar-refractivity contribution is 7.09. The summed E-state index contributed by atoms with van der Waals surface area (Å²) in [5, 5.41) is 10.1. The number of ether oxygens (including phenoxy) is 1. The van der Waals surface area contributed by atoms with Crippen LogP contribution in [0.1, 0.15) is 10.6 Å². The summed E-state index contributed by atoms with van der Waals surface area (Å²) in [6, 6.07) is 7.29. The lowest BCUT2D eigenvalue weighted by Gasteiger charge is -2.20. The molecule has 5 nitrogen and oxygen atoms in total. The van der Waals surface area contributed by atoms with Crippen LogP contribution < -0.4 is 10.5 Å². The Morgan fingerprint density at radius 2 is 2.19 bits per heavy atom. The van der Waals surface area contributed by atoms with Crippen LogP contribution in [0.5, 0.6) is 5.75 Å². The highest BCUT2D eigenvalue weighted by Crippen LogP contribution is 2.20. The number of nitrogen functional groups attached to an aromatic ring is 1. The zero-order valence-electron chi connectivity index (χ0n) is 12.3. The molecule has 6 heteroatoms. The number of anilines is 1. The molecule has 0 saturated carbocycles. The average Bonchev–Trinajstić information content (AvgIpc) is 2.83. The minimum atomic E-state index is -0.567. The summed E-state index contributed by atoms with van der Waals surface area (Å²) in [4.78, 5) is 7.50. The van der Waals surface area contributed by atoms with E-state index in [9.17, 15) is 5.11 Å². The average molecular weight is 307 g/mol. The standard InChI is InChI=1S/C15H21N3O2S/c1-11-15(21-10-17-11)8-18(2)7-12(19)9-20-14-6-4-3-5-13(14)16/h3-6,10,12,19H,7-9,16H2,1-2H3. The Morgan fingerprint density at radius 1 is 1.43 bits per heavy atom. The minimum absolute atomic E-state index is 0.222. The molecule has 2 aromatic rings. The Hall–Kier alpha value is -1.63. The summed E-state index contributed by atoms with van der Waals surface area (Å²) in [5.74, 6) is 0.609. The lowest BCUT2D eigenvalue weighted by molar-refractivity contribution is 0.0749. The van der Waals surface area contributed by atoms with Crippen LogP contribution in [0.3, 0.4) is 0 Å². The number of nitrogens with two attached hydrogens (primary N) is 1. The fourth-order valence-electron chi connectivity index (χ4n) is 2.00. The van der Waals surface area contributed by atoms with Crippen molar-refractivity contribution in [2.45, 2.75) is 19.6 Å². The van der Waals surface area contributed by atoms with E-state index >= 15 is 0 Å². The number of nitrogens with zero attached hydrogens (tertiary/aromatic N) is 2. The molecule has 0 bridgehead atoms. The molecule has 0 fully saturated rings. The van der Waals surface area contributed by atoms with Gasteiger partial charge in [-0.05, 0) is 26.1 Å². The molecule has 0 aliphatic rings. The van der Waals surface area contributed by atoms with E-state index in [-0.39, 0.29) is 6.61 Å². The van der Waals surface area contributed by atoms with Gasteiger partial charge in [-0.25, -0.2) is 4.98 Å². The number of hydrogen-bond donors (Lipinski definition) is 2. The van der Waals surface area contributed by atoms with Crippen LogP contribution in [0.25, 0.3) is 0 Å². The number of hydrogen-bond acceptors (Lipinski definition) is 6. The van der Waals surface area contributed by atoms with Crippen molar-refractivity contribution in [1.82, 2.24) is 9.88 Å². The second-order valence-electron chi connectivity index (χ2n) is 5.06. The van der Waals surface area contributed by atoms with E-state index in [1.165, 1.54) is 4.88 Å². The Balaban J connectivity index is 1.78. The Labute approximate surface area is 129 Å². The van der Waals surface area contributed by atoms with Crippen molar-refractivity contribution >= 4 is 17.0 Å². The normalized spacial score (nSPS) is 12.6. The lowest BCUT2D eigenvalue weighted by atomic mass is 10.3. The van der Waals surface area contributed by atoms with Crippen LogP contribution in [0.15, 0.2) is 29.8 Å². The maximum absolute atomic E-state index is 10.1. The second-order valence-corrected chi connectivity index (χ2v) is 6.00. The molecular weight excluding hydrogens is 286 g/mol. The molecule has 0 saturated heterocycles. The van der Waals surface area contributed by atoms with Crippen molar-refractivity contribution in [3.05, 3.63) is 40.3 Å². The fourth-order valence-corrected chi connectivity index (χ4v) is 2.85.